The Kier molecular flexibility index (Phi) is 3.23. The number of hydrogen-bond acceptors (Lipinski definition) is 2. The topological polar surface area (TPSA) is 29.5 Å². The van der Waals surface area contributed by atoms with Crippen molar-refractivity contribution in [3.63, 3.8) is 0 Å². The summed E-state index contributed by atoms with van der Waals surface area (Å²) in [7, 11) is 0. The summed E-state index contributed by atoms with van der Waals surface area (Å²) in [6.07, 6.45) is -7.60. The molecule has 6 heteroatoms. The molecule has 1 N–H and O–H groups in total. The number of ether oxygens (including phenoxy) is 1. The lowest BCUT2D eigenvalue weighted by Crippen LogP contribution is -2.46. The summed E-state index contributed by atoms with van der Waals surface area (Å²) in [6.45, 7) is 1.77. The summed E-state index contributed by atoms with van der Waals surface area (Å²) in [5.41, 5.74) is 1.19. The number of halogens is 4. The van der Waals surface area contributed by atoms with Crippen molar-refractivity contribution in [1.82, 2.24) is 0 Å². The molecule has 18 heavy (non-hydrogen) atoms. The van der Waals surface area contributed by atoms with Crippen molar-refractivity contribution in [2.24, 2.45) is 0 Å². The van der Waals surface area contributed by atoms with E-state index in [4.69, 9.17) is 4.74 Å². The molecular weight excluding hydrogens is 252 g/mol. The van der Waals surface area contributed by atoms with Crippen LogP contribution in [-0.2, 0) is 0 Å². The predicted molar refractivity (Wildman–Crippen MR) is 56.1 cm³/mol. The van der Waals surface area contributed by atoms with E-state index in [-0.39, 0.29) is 5.75 Å². The van der Waals surface area contributed by atoms with Gasteiger partial charge >= 0.3 is 12.3 Å². The minimum absolute atomic E-state index is 0.0321. The van der Waals surface area contributed by atoms with Crippen LogP contribution in [0.25, 0.3) is 0 Å². The van der Waals surface area contributed by atoms with Crippen LogP contribution >= 0.6 is 0 Å². The number of fused-ring (bicyclic) bond motifs is 1. The second-order valence-corrected chi connectivity index (χ2v) is 4.37. The molecule has 1 aliphatic rings. The molecule has 2 rings (SSSR count). The molecule has 0 saturated carbocycles. The zero-order chi connectivity index (χ0) is 13.5. The molecule has 1 aromatic carbocycles. The Morgan fingerprint density at radius 1 is 1.39 bits per heavy atom. The van der Waals surface area contributed by atoms with E-state index in [1.165, 1.54) is 6.07 Å². The molecule has 2 unspecified atom stereocenters. The summed E-state index contributed by atoms with van der Waals surface area (Å²) in [4.78, 5) is 0. The second kappa shape index (κ2) is 4.42. The maximum absolute atomic E-state index is 13.2. The van der Waals surface area contributed by atoms with Gasteiger partial charge in [0.15, 0.2) is 6.10 Å². The van der Waals surface area contributed by atoms with Crippen LogP contribution in [0.15, 0.2) is 18.2 Å². The maximum atomic E-state index is 13.2. The molecule has 100 valence electrons. The van der Waals surface area contributed by atoms with Gasteiger partial charge in [0.05, 0.1) is 6.10 Å². The van der Waals surface area contributed by atoms with Crippen molar-refractivity contribution in [2.75, 3.05) is 0 Å². The van der Waals surface area contributed by atoms with Crippen LogP contribution in [0.2, 0.25) is 0 Å². The van der Waals surface area contributed by atoms with E-state index >= 15 is 0 Å². The quantitative estimate of drug-likeness (QED) is 0.832. The lowest BCUT2D eigenvalue weighted by atomic mass is 9.95. The molecule has 2 atom stereocenters. The van der Waals surface area contributed by atoms with Gasteiger partial charge < -0.3 is 9.84 Å². The Labute approximate surface area is 101 Å². The first kappa shape index (κ1) is 13.1. The van der Waals surface area contributed by atoms with Gasteiger partial charge in [-0.05, 0) is 19.1 Å². The standard InChI is InChI=1S/C12H12F4O2/c1-6-2-3-9-7(4-6)8(17)5-10(18-9)12(15,16)11(13)14/h2-4,8,10-11,17H,5H2,1H3. The van der Waals surface area contributed by atoms with E-state index in [9.17, 15) is 22.7 Å². The number of rotatable bonds is 2. The van der Waals surface area contributed by atoms with E-state index in [1.807, 2.05) is 0 Å². The van der Waals surface area contributed by atoms with E-state index in [0.29, 0.717) is 5.56 Å². The van der Waals surface area contributed by atoms with Crippen LogP contribution in [0.5, 0.6) is 5.75 Å². The third-order valence-corrected chi connectivity index (χ3v) is 2.95. The van der Waals surface area contributed by atoms with Crippen LogP contribution in [0, 0.1) is 6.92 Å². The van der Waals surface area contributed by atoms with Crippen LogP contribution < -0.4 is 4.74 Å². The molecule has 1 heterocycles. The molecule has 0 amide bonds. The number of benzene rings is 1. The van der Waals surface area contributed by atoms with Crippen molar-refractivity contribution in [1.29, 1.82) is 0 Å². The maximum Gasteiger partial charge on any atom is 0.343 e. The minimum atomic E-state index is -4.27. The third kappa shape index (κ3) is 2.16. The van der Waals surface area contributed by atoms with E-state index in [2.05, 4.69) is 0 Å². The van der Waals surface area contributed by atoms with Crippen LogP contribution in [0.3, 0.4) is 0 Å². The second-order valence-electron chi connectivity index (χ2n) is 4.37. The van der Waals surface area contributed by atoms with Crippen LogP contribution in [0.1, 0.15) is 23.7 Å². The van der Waals surface area contributed by atoms with Gasteiger partial charge in [0.2, 0.25) is 0 Å². The van der Waals surface area contributed by atoms with Gasteiger partial charge in [-0.15, -0.1) is 0 Å². The van der Waals surface area contributed by atoms with Crippen molar-refractivity contribution in [3.8, 4) is 5.75 Å². The molecule has 0 aromatic heterocycles. The fourth-order valence-corrected chi connectivity index (χ4v) is 1.94. The summed E-state index contributed by atoms with van der Waals surface area (Å²) in [5.74, 6) is -4.24. The fraction of sp³-hybridized carbons (Fsp3) is 0.500. The number of aliphatic hydroxyl groups is 1. The molecule has 0 spiro atoms. The summed E-state index contributed by atoms with van der Waals surface area (Å²) >= 11 is 0. The number of hydrogen-bond donors (Lipinski definition) is 1. The first-order chi connectivity index (χ1) is 8.32. The zero-order valence-corrected chi connectivity index (χ0v) is 9.54. The average molecular weight is 264 g/mol. The normalized spacial score (nSPS) is 23.7. The molecule has 0 fully saturated rings. The van der Waals surface area contributed by atoms with Crippen molar-refractivity contribution in [2.45, 2.75) is 37.9 Å². The summed E-state index contributed by atoms with van der Waals surface area (Å²) in [6, 6.07) is 4.60. The average Bonchev–Trinajstić information content (AvgIpc) is 2.29. The molecule has 0 radical (unpaired) electrons. The van der Waals surface area contributed by atoms with E-state index in [1.54, 1.807) is 19.1 Å². The molecule has 0 aliphatic carbocycles. The highest BCUT2D eigenvalue weighted by molar-refractivity contribution is 5.40. The van der Waals surface area contributed by atoms with Gasteiger partial charge in [-0.3, -0.25) is 0 Å². The Hall–Kier alpha value is -1.30. The largest absolute Gasteiger partial charge is 0.483 e. The lowest BCUT2D eigenvalue weighted by Gasteiger charge is -2.34. The lowest BCUT2D eigenvalue weighted by molar-refractivity contribution is -0.194. The highest BCUT2D eigenvalue weighted by Crippen LogP contribution is 2.41. The zero-order valence-electron chi connectivity index (χ0n) is 9.54. The number of aliphatic hydroxyl groups excluding tert-OH is 1. The fourth-order valence-electron chi connectivity index (χ4n) is 1.94. The van der Waals surface area contributed by atoms with Gasteiger partial charge in [-0.2, -0.15) is 8.78 Å². The first-order valence-electron chi connectivity index (χ1n) is 5.43. The SMILES string of the molecule is Cc1ccc2c(c1)C(O)CC(C(F)(F)C(F)F)O2. The van der Waals surface area contributed by atoms with E-state index in [0.717, 1.165) is 5.56 Å². The molecule has 1 aliphatic heterocycles. The van der Waals surface area contributed by atoms with Crippen molar-refractivity contribution < 1.29 is 27.4 Å². The van der Waals surface area contributed by atoms with E-state index < -0.39 is 31.0 Å². The molecule has 0 saturated heterocycles. The Bertz CT molecular complexity index is 448. The highest BCUT2D eigenvalue weighted by atomic mass is 19.3. The smallest absolute Gasteiger partial charge is 0.343 e. The highest BCUT2D eigenvalue weighted by Gasteiger charge is 2.52. The van der Waals surface area contributed by atoms with Gasteiger partial charge in [-0.25, -0.2) is 8.78 Å². The Balaban J connectivity index is 2.31. The van der Waals surface area contributed by atoms with Gasteiger partial charge in [0, 0.05) is 12.0 Å². The molecule has 1 aromatic rings. The number of aryl methyl sites for hydroxylation is 1. The van der Waals surface area contributed by atoms with Crippen molar-refractivity contribution in [3.05, 3.63) is 29.3 Å². The predicted octanol–water partition coefficient (Wildman–Crippen LogP) is 3.08. The monoisotopic (exact) mass is 264 g/mol. The van der Waals surface area contributed by atoms with Gasteiger partial charge in [0.25, 0.3) is 0 Å². The number of alkyl halides is 4. The van der Waals surface area contributed by atoms with Crippen LogP contribution in [0.4, 0.5) is 17.6 Å². The Morgan fingerprint density at radius 2 is 2.06 bits per heavy atom. The molecule has 0 bridgehead atoms. The van der Waals surface area contributed by atoms with Gasteiger partial charge in [-0.1, -0.05) is 11.6 Å². The third-order valence-electron chi connectivity index (χ3n) is 2.95. The summed E-state index contributed by atoms with van der Waals surface area (Å²) in [5, 5.41) is 9.74. The summed E-state index contributed by atoms with van der Waals surface area (Å²) < 4.78 is 55.8. The molecule has 2 nitrogen and oxygen atoms in total. The molecular formula is C12H12F4O2. The minimum Gasteiger partial charge on any atom is -0.483 e. The van der Waals surface area contributed by atoms with Gasteiger partial charge in [0.1, 0.15) is 5.75 Å². The first-order valence-corrected chi connectivity index (χ1v) is 5.43. The Morgan fingerprint density at radius 3 is 2.67 bits per heavy atom. The van der Waals surface area contributed by atoms with Crippen molar-refractivity contribution >= 4 is 0 Å². The van der Waals surface area contributed by atoms with Crippen LogP contribution in [-0.4, -0.2) is 23.6 Å².